The summed E-state index contributed by atoms with van der Waals surface area (Å²) in [5, 5.41) is 19.8. The van der Waals surface area contributed by atoms with Crippen LogP contribution in [0.15, 0.2) is 36.9 Å². The largest absolute Gasteiger partial charge is 0.481 e. The van der Waals surface area contributed by atoms with Crippen LogP contribution in [-0.2, 0) is 14.4 Å². The number of hydrogen-bond donors (Lipinski definition) is 2. The molecule has 0 radical (unpaired) electrons. The van der Waals surface area contributed by atoms with E-state index in [0.717, 1.165) is 0 Å². The molecular weight excluding hydrogens is 452 g/mol. The van der Waals surface area contributed by atoms with Crippen molar-refractivity contribution in [3.63, 3.8) is 0 Å². The van der Waals surface area contributed by atoms with Crippen LogP contribution in [0, 0.1) is 11.8 Å². The van der Waals surface area contributed by atoms with Crippen molar-refractivity contribution < 1.29 is 24.6 Å². The number of carbonyl (C=O) groups is 3. The third kappa shape index (κ3) is 3.26. The SMILES string of the molecule is C=CCN(C(=O)C1N(CCCO)C(=O)[C@@H]2[C@H](C(=O)O)[C@]3(C)CCC12S3)c1ccccc1Cl. The van der Waals surface area contributed by atoms with Crippen LogP contribution in [0.1, 0.15) is 26.2 Å². The molecule has 3 fully saturated rings. The number of carboxylic acid groups (broad SMARTS) is 1. The zero-order valence-corrected chi connectivity index (χ0v) is 19.4. The Morgan fingerprint density at radius 1 is 1.38 bits per heavy atom. The Labute approximate surface area is 196 Å². The van der Waals surface area contributed by atoms with Crippen LogP contribution in [0.25, 0.3) is 0 Å². The number of anilines is 1. The lowest BCUT2D eigenvalue weighted by atomic mass is 9.66. The molecule has 0 aromatic heterocycles. The van der Waals surface area contributed by atoms with Gasteiger partial charge in [-0.15, -0.1) is 18.3 Å². The zero-order valence-electron chi connectivity index (χ0n) is 17.9. The molecule has 2 amide bonds. The number of benzene rings is 1. The van der Waals surface area contributed by atoms with Gasteiger partial charge in [0.2, 0.25) is 5.91 Å². The fourth-order valence-corrected chi connectivity index (χ4v) is 8.40. The summed E-state index contributed by atoms with van der Waals surface area (Å²) in [6.07, 6.45) is 3.13. The third-order valence-corrected chi connectivity index (χ3v) is 9.36. The Bertz CT molecular complexity index is 973. The summed E-state index contributed by atoms with van der Waals surface area (Å²) in [5.74, 6) is -3.22. The first-order chi connectivity index (χ1) is 15.2. The molecule has 7 nitrogen and oxygen atoms in total. The summed E-state index contributed by atoms with van der Waals surface area (Å²) < 4.78 is -1.41. The van der Waals surface area contributed by atoms with E-state index in [4.69, 9.17) is 11.6 Å². The van der Waals surface area contributed by atoms with Crippen molar-refractivity contribution in [1.29, 1.82) is 0 Å². The van der Waals surface area contributed by atoms with Crippen molar-refractivity contribution in [3.8, 4) is 0 Å². The van der Waals surface area contributed by atoms with Gasteiger partial charge in [0.15, 0.2) is 0 Å². The number of rotatable bonds is 8. The van der Waals surface area contributed by atoms with Crippen LogP contribution in [0.2, 0.25) is 5.02 Å². The van der Waals surface area contributed by atoms with Crippen LogP contribution < -0.4 is 4.90 Å². The number of aliphatic hydroxyl groups is 1. The average Bonchev–Trinajstić information content (AvgIpc) is 3.31. The Hall–Kier alpha value is -2.03. The molecule has 2 N–H and O–H groups in total. The van der Waals surface area contributed by atoms with Crippen molar-refractivity contribution in [3.05, 3.63) is 41.9 Å². The highest BCUT2D eigenvalue weighted by molar-refractivity contribution is 8.02. The lowest BCUT2D eigenvalue weighted by Crippen LogP contribution is -2.55. The molecule has 4 rings (SSSR count). The number of aliphatic hydroxyl groups excluding tert-OH is 1. The van der Waals surface area contributed by atoms with Gasteiger partial charge in [-0.1, -0.05) is 29.8 Å². The zero-order chi connectivity index (χ0) is 23.3. The van der Waals surface area contributed by atoms with Crippen molar-refractivity contribution in [2.75, 3.05) is 24.6 Å². The van der Waals surface area contributed by atoms with Gasteiger partial charge >= 0.3 is 5.97 Å². The maximum atomic E-state index is 14.1. The van der Waals surface area contributed by atoms with E-state index in [0.29, 0.717) is 30.0 Å². The van der Waals surface area contributed by atoms with Crippen molar-refractivity contribution in [1.82, 2.24) is 4.90 Å². The minimum atomic E-state index is -0.996. The summed E-state index contributed by atoms with van der Waals surface area (Å²) >= 11 is 7.89. The number of carboxylic acids is 1. The maximum absolute atomic E-state index is 14.1. The Kier molecular flexibility index (Phi) is 6.07. The number of likely N-dealkylation sites (tertiary alicyclic amines) is 1. The van der Waals surface area contributed by atoms with Crippen molar-refractivity contribution in [2.24, 2.45) is 11.8 Å². The summed E-state index contributed by atoms with van der Waals surface area (Å²) in [4.78, 5) is 43.0. The van der Waals surface area contributed by atoms with Crippen molar-refractivity contribution >= 4 is 46.8 Å². The molecule has 1 spiro atoms. The Morgan fingerprint density at radius 2 is 2.09 bits per heavy atom. The first-order valence-corrected chi connectivity index (χ1v) is 11.9. The molecule has 9 heteroatoms. The van der Waals surface area contributed by atoms with Gasteiger partial charge in [0.05, 0.1) is 27.3 Å². The van der Waals surface area contributed by atoms with E-state index in [1.165, 1.54) is 21.6 Å². The molecule has 3 aliphatic heterocycles. The molecule has 1 aromatic carbocycles. The number of para-hydroxylation sites is 1. The molecule has 3 saturated heterocycles. The summed E-state index contributed by atoms with van der Waals surface area (Å²) in [7, 11) is 0. The van der Waals surface area contributed by atoms with E-state index in [2.05, 4.69) is 6.58 Å². The number of aliphatic carboxylic acids is 1. The third-order valence-electron chi connectivity index (χ3n) is 7.05. The van der Waals surface area contributed by atoms with Gasteiger partial charge in [0.25, 0.3) is 5.91 Å². The van der Waals surface area contributed by atoms with E-state index >= 15 is 0 Å². The fraction of sp³-hybridized carbons (Fsp3) is 0.522. The van der Waals surface area contributed by atoms with Gasteiger partial charge in [-0.3, -0.25) is 14.4 Å². The molecule has 32 heavy (non-hydrogen) atoms. The summed E-state index contributed by atoms with van der Waals surface area (Å²) in [5.41, 5.74) is 0.520. The molecule has 3 heterocycles. The maximum Gasteiger partial charge on any atom is 0.308 e. The monoisotopic (exact) mass is 478 g/mol. The van der Waals surface area contributed by atoms with E-state index in [-0.39, 0.29) is 31.5 Å². The van der Waals surface area contributed by atoms with Crippen LogP contribution >= 0.6 is 23.4 Å². The molecule has 1 aromatic rings. The second-order valence-electron chi connectivity index (χ2n) is 8.86. The smallest absolute Gasteiger partial charge is 0.308 e. The van der Waals surface area contributed by atoms with Gasteiger partial charge in [-0.2, -0.15) is 0 Å². The molecule has 2 unspecified atom stereocenters. The van der Waals surface area contributed by atoms with Gasteiger partial charge in [-0.25, -0.2) is 0 Å². The first-order valence-electron chi connectivity index (χ1n) is 10.7. The molecular formula is C23H27ClN2O5S. The quantitative estimate of drug-likeness (QED) is 0.557. The van der Waals surface area contributed by atoms with Gasteiger partial charge < -0.3 is 20.0 Å². The molecule has 5 atom stereocenters. The lowest BCUT2D eigenvalue weighted by Gasteiger charge is -2.37. The second-order valence-corrected chi connectivity index (χ2v) is 11.2. The first kappa shape index (κ1) is 23.1. The van der Waals surface area contributed by atoms with Gasteiger partial charge in [0, 0.05) is 24.4 Å². The number of amides is 2. The predicted molar refractivity (Wildman–Crippen MR) is 124 cm³/mol. The van der Waals surface area contributed by atoms with Crippen LogP contribution in [0.3, 0.4) is 0 Å². The Balaban J connectivity index is 1.82. The summed E-state index contributed by atoms with van der Waals surface area (Å²) in [6, 6.07) is 6.16. The van der Waals surface area contributed by atoms with Crippen LogP contribution in [0.5, 0.6) is 0 Å². The van der Waals surface area contributed by atoms with Gasteiger partial charge in [0.1, 0.15) is 6.04 Å². The fourth-order valence-electron chi connectivity index (χ4n) is 5.82. The number of thioether (sulfide) groups is 1. The van der Waals surface area contributed by atoms with E-state index in [1.807, 2.05) is 6.92 Å². The number of halogens is 1. The number of fused-ring (bicyclic) bond motifs is 1. The minimum absolute atomic E-state index is 0.129. The number of hydrogen-bond acceptors (Lipinski definition) is 5. The normalized spacial score (nSPS) is 32.8. The van der Waals surface area contributed by atoms with E-state index < -0.39 is 33.3 Å². The summed E-state index contributed by atoms with van der Waals surface area (Å²) in [6.45, 7) is 5.93. The molecule has 0 saturated carbocycles. The molecule has 172 valence electrons. The van der Waals surface area contributed by atoms with E-state index in [1.54, 1.807) is 30.3 Å². The van der Waals surface area contributed by atoms with E-state index in [9.17, 15) is 24.6 Å². The minimum Gasteiger partial charge on any atom is -0.481 e. The lowest BCUT2D eigenvalue weighted by molar-refractivity contribution is -0.150. The second kappa shape index (κ2) is 8.39. The highest BCUT2D eigenvalue weighted by Gasteiger charge is 2.77. The van der Waals surface area contributed by atoms with Crippen molar-refractivity contribution in [2.45, 2.75) is 41.7 Å². The highest BCUT2D eigenvalue weighted by atomic mass is 35.5. The van der Waals surface area contributed by atoms with Gasteiger partial charge in [-0.05, 0) is 38.3 Å². The highest BCUT2D eigenvalue weighted by Crippen LogP contribution is 2.71. The Morgan fingerprint density at radius 3 is 2.72 bits per heavy atom. The predicted octanol–water partition coefficient (Wildman–Crippen LogP) is 2.81. The molecule has 0 aliphatic carbocycles. The topological polar surface area (TPSA) is 98.2 Å². The number of nitrogens with zero attached hydrogens (tertiary/aromatic N) is 2. The van der Waals surface area contributed by atoms with Crippen LogP contribution in [-0.4, -0.2) is 68.1 Å². The molecule has 2 bridgehead atoms. The molecule has 3 aliphatic rings. The average molecular weight is 479 g/mol. The number of carbonyl (C=O) groups excluding carboxylic acids is 2. The van der Waals surface area contributed by atoms with Crippen LogP contribution in [0.4, 0.5) is 5.69 Å². The standard InChI is InChI=1S/C23H27ClN2O5S/c1-3-11-25(15-8-5-4-7-14(15)24)20(29)18-23-10-9-22(2,32-23)17(21(30)31)16(23)19(28)26(18)12-6-13-27/h3-5,7-8,16-18,27H,1,6,9-13H2,2H3,(H,30,31)/t16-,17+,18?,22-,23?/m0/s1.